The van der Waals surface area contributed by atoms with Crippen LogP contribution in [-0.4, -0.2) is 17.0 Å². The Balaban J connectivity index is 2.05. The van der Waals surface area contributed by atoms with E-state index in [9.17, 15) is 9.59 Å². The Morgan fingerprint density at radius 2 is 1.71 bits per heavy atom. The molecule has 0 aromatic heterocycles. The van der Waals surface area contributed by atoms with Gasteiger partial charge in [0.25, 0.3) is 0 Å². The van der Waals surface area contributed by atoms with Gasteiger partial charge in [0, 0.05) is 12.1 Å². The molecule has 0 bridgehead atoms. The summed E-state index contributed by atoms with van der Waals surface area (Å²) in [6, 6.07) is 11.5. The lowest BCUT2D eigenvalue weighted by molar-refractivity contribution is -0.137. The number of rotatable bonds is 6. The van der Waals surface area contributed by atoms with Crippen LogP contribution in [0.15, 0.2) is 36.4 Å². The first-order valence-electron chi connectivity index (χ1n) is 8.02. The van der Waals surface area contributed by atoms with Crippen molar-refractivity contribution in [3.63, 3.8) is 0 Å². The van der Waals surface area contributed by atoms with Gasteiger partial charge in [-0.05, 0) is 61.6 Å². The molecule has 0 aliphatic rings. The molecule has 2 rings (SSSR count). The molecule has 0 saturated carbocycles. The van der Waals surface area contributed by atoms with Gasteiger partial charge < -0.3 is 10.4 Å². The van der Waals surface area contributed by atoms with Crippen LogP contribution in [0.1, 0.15) is 34.2 Å². The normalized spacial score (nSPS) is 10.5. The number of carboxylic acid groups (broad SMARTS) is 1. The molecule has 0 unspecified atom stereocenters. The van der Waals surface area contributed by atoms with Gasteiger partial charge in [0.1, 0.15) is 0 Å². The Kier molecular flexibility index (Phi) is 5.74. The van der Waals surface area contributed by atoms with Crippen molar-refractivity contribution < 1.29 is 14.7 Å². The molecule has 2 aromatic carbocycles. The fraction of sp³-hybridized carbons (Fsp3) is 0.300. The van der Waals surface area contributed by atoms with Crippen molar-refractivity contribution in [2.45, 2.75) is 40.0 Å². The third-order valence-electron chi connectivity index (χ3n) is 4.02. The number of aliphatic carboxylic acids is 1. The number of anilines is 1. The predicted molar refractivity (Wildman–Crippen MR) is 95.4 cm³/mol. The van der Waals surface area contributed by atoms with Crippen LogP contribution in [0.5, 0.6) is 0 Å². The van der Waals surface area contributed by atoms with E-state index in [1.807, 2.05) is 45.0 Å². The molecular weight excluding hydrogens is 302 g/mol. The summed E-state index contributed by atoms with van der Waals surface area (Å²) in [6.07, 6.45) is 0.867. The smallest absolute Gasteiger partial charge is 0.303 e. The molecule has 0 saturated heterocycles. The summed E-state index contributed by atoms with van der Waals surface area (Å²) in [5.41, 5.74) is 6.10. The number of hydrogen-bond acceptors (Lipinski definition) is 2. The largest absolute Gasteiger partial charge is 0.481 e. The summed E-state index contributed by atoms with van der Waals surface area (Å²) in [7, 11) is 0. The van der Waals surface area contributed by atoms with E-state index in [-0.39, 0.29) is 12.3 Å². The number of amides is 1. The first kappa shape index (κ1) is 17.7. The quantitative estimate of drug-likeness (QED) is 0.848. The number of carbonyl (C=O) groups is 2. The van der Waals surface area contributed by atoms with Gasteiger partial charge in [0.15, 0.2) is 0 Å². The van der Waals surface area contributed by atoms with Crippen molar-refractivity contribution in [3.8, 4) is 0 Å². The number of carboxylic acids is 1. The molecule has 1 amide bonds. The van der Waals surface area contributed by atoms with Gasteiger partial charge in [-0.25, -0.2) is 0 Å². The Morgan fingerprint density at radius 1 is 1.04 bits per heavy atom. The highest BCUT2D eigenvalue weighted by atomic mass is 16.4. The van der Waals surface area contributed by atoms with Crippen molar-refractivity contribution in [1.29, 1.82) is 0 Å². The third kappa shape index (κ3) is 4.95. The zero-order chi connectivity index (χ0) is 17.7. The van der Waals surface area contributed by atoms with E-state index in [0.717, 1.165) is 22.3 Å². The highest BCUT2D eigenvalue weighted by molar-refractivity contribution is 5.92. The van der Waals surface area contributed by atoms with Gasteiger partial charge in [-0.2, -0.15) is 0 Å². The molecule has 4 nitrogen and oxygen atoms in total. The second-order valence-corrected chi connectivity index (χ2v) is 6.20. The van der Waals surface area contributed by atoms with Crippen molar-refractivity contribution >= 4 is 17.6 Å². The van der Waals surface area contributed by atoms with Gasteiger partial charge in [0.05, 0.1) is 6.42 Å². The monoisotopic (exact) mass is 325 g/mol. The topological polar surface area (TPSA) is 66.4 Å². The van der Waals surface area contributed by atoms with Gasteiger partial charge in [0.2, 0.25) is 5.91 Å². The van der Waals surface area contributed by atoms with E-state index in [2.05, 4.69) is 17.4 Å². The number of hydrogen-bond donors (Lipinski definition) is 2. The van der Waals surface area contributed by atoms with E-state index in [0.29, 0.717) is 18.5 Å². The zero-order valence-electron chi connectivity index (χ0n) is 14.3. The summed E-state index contributed by atoms with van der Waals surface area (Å²) in [6.45, 7) is 6.09. The van der Waals surface area contributed by atoms with Crippen molar-refractivity contribution in [1.82, 2.24) is 0 Å². The molecule has 0 heterocycles. The maximum Gasteiger partial charge on any atom is 0.303 e. The van der Waals surface area contributed by atoms with Crippen molar-refractivity contribution in [2.75, 3.05) is 5.32 Å². The summed E-state index contributed by atoms with van der Waals surface area (Å²) >= 11 is 0. The minimum absolute atomic E-state index is 0.0690. The Hall–Kier alpha value is -2.62. The molecule has 0 atom stereocenters. The van der Waals surface area contributed by atoms with Gasteiger partial charge in [-0.3, -0.25) is 9.59 Å². The first-order chi connectivity index (χ1) is 11.3. The second-order valence-electron chi connectivity index (χ2n) is 6.20. The lowest BCUT2D eigenvalue weighted by Crippen LogP contribution is -2.16. The maximum absolute atomic E-state index is 12.3. The maximum atomic E-state index is 12.3. The van der Waals surface area contributed by atoms with Gasteiger partial charge in [-0.15, -0.1) is 0 Å². The average molecular weight is 325 g/mol. The molecule has 0 aliphatic heterocycles. The molecule has 2 aromatic rings. The Bertz CT molecular complexity index is 742. The number of nitrogens with one attached hydrogen (secondary N) is 1. The van der Waals surface area contributed by atoms with E-state index in [4.69, 9.17) is 5.11 Å². The predicted octanol–water partition coefficient (Wildman–Crippen LogP) is 3.81. The minimum atomic E-state index is -0.824. The molecule has 2 N–H and O–H groups in total. The van der Waals surface area contributed by atoms with E-state index in [1.54, 1.807) is 0 Å². The van der Waals surface area contributed by atoms with Crippen LogP contribution < -0.4 is 5.32 Å². The zero-order valence-corrected chi connectivity index (χ0v) is 14.3. The lowest BCUT2D eigenvalue weighted by atomic mass is 9.97. The highest BCUT2D eigenvalue weighted by Crippen LogP contribution is 2.18. The van der Waals surface area contributed by atoms with Crippen LogP contribution in [0.4, 0.5) is 5.69 Å². The molecule has 24 heavy (non-hydrogen) atoms. The summed E-state index contributed by atoms with van der Waals surface area (Å²) in [5, 5.41) is 11.7. The minimum Gasteiger partial charge on any atom is -0.481 e. The standard InChI is InChI=1S/C20H23NO3/c1-13-9-14(2)18(15(3)10-13)12-19(22)21-17-6-4-5-16(11-17)7-8-20(23)24/h4-6,9-11H,7-8,12H2,1-3H3,(H,21,22)(H,23,24). The Morgan fingerprint density at radius 3 is 2.33 bits per heavy atom. The van der Waals surface area contributed by atoms with Crippen LogP contribution in [0, 0.1) is 20.8 Å². The van der Waals surface area contributed by atoms with Crippen molar-refractivity contribution in [3.05, 3.63) is 64.2 Å². The fourth-order valence-corrected chi connectivity index (χ4v) is 2.91. The van der Waals surface area contributed by atoms with Crippen LogP contribution >= 0.6 is 0 Å². The number of benzene rings is 2. The molecule has 0 fully saturated rings. The molecule has 0 aliphatic carbocycles. The van der Waals surface area contributed by atoms with Gasteiger partial charge in [-0.1, -0.05) is 29.8 Å². The van der Waals surface area contributed by atoms with Crippen LogP contribution in [0.3, 0.4) is 0 Å². The molecule has 0 spiro atoms. The summed E-state index contributed by atoms with van der Waals surface area (Å²) < 4.78 is 0. The van der Waals surface area contributed by atoms with E-state index >= 15 is 0 Å². The van der Waals surface area contributed by atoms with Crippen LogP contribution in [-0.2, 0) is 22.4 Å². The Labute approximate surface area is 142 Å². The average Bonchev–Trinajstić information content (AvgIpc) is 2.49. The SMILES string of the molecule is Cc1cc(C)c(CC(=O)Nc2cccc(CCC(=O)O)c2)c(C)c1. The first-order valence-corrected chi connectivity index (χ1v) is 8.02. The van der Waals surface area contributed by atoms with Crippen LogP contribution in [0.25, 0.3) is 0 Å². The second kappa shape index (κ2) is 7.77. The summed E-state index contributed by atoms with van der Waals surface area (Å²) in [4.78, 5) is 23.0. The molecule has 0 radical (unpaired) electrons. The van der Waals surface area contributed by atoms with Crippen LogP contribution in [0.2, 0.25) is 0 Å². The van der Waals surface area contributed by atoms with Gasteiger partial charge >= 0.3 is 5.97 Å². The molecular formula is C20H23NO3. The number of aryl methyl sites for hydroxylation is 4. The highest BCUT2D eigenvalue weighted by Gasteiger charge is 2.10. The van der Waals surface area contributed by atoms with E-state index < -0.39 is 5.97 Å². The fourth-order valence-electron chi connectivity index (χ4n) is 2.91. The number of carbonyl (C=O) groups excluding carboxylic acids is 1. The lowest BCUT2D eigenvalue weighted by Gasteiger charge is -2.12. The molecule has 126 valence electrons. The van der Waals surface area contributed by atoms with E-state index in [1.165, 1.54) is 5.56 Å². The summed E-state index contributed by atoms with van der Waals surface area (Å²) in [5.74, 6) is -0.893. The third-order valence-corrected chi connectivity index (χ3v) is 4.02. The van der Waals surface area contributed by atoms with Crippen molar-refractivity contribution in [2.24, 2.45) is 0 Å². The molecule has 4 heteroatoms.